The van der Waals surface area contributed by atoms with E-state index in [0.717, 1.165) is 4.90 Å². The second-order valence-electron chi connectivity index (χ2n) is 6.39. The summed E-state index contributed by atoms with van der Waals surface area (Å²) in [6, 6.07) is 10.6. The Labute approximate surface area is 154 Å². The molecule has 1 aliphatic rings. The molecule has 1 heterocycles. The molecule has 2 aromatic carbocycles. The summed E-state index contributed by atoms with van der Waals surface area (Å²) in [6.07, 6.45) is -0.604. The number of likely N-dealkylation sites (tertiary alicyclic amines) is 1. The van der Waals surface area contributed by atoms with Crippen LogP contribution in [-0.4, -0.2) is 52.0 Å². The molecule has 0 spiro atoms. The van der Waals surface area contributed by atoms with Crippen molar-refractivity contribution in [2.24, 2.45) is 0 Å². The predicted octanol–water partition coefficient (Wildman–Crippen LogP) is 2.38. The second kappa shape index (κ2) is 7.22. The van der Waals surface area contributed by atoms with Crippen LogP contribution >= 0.6 is 0 Å². The lowest BCUT2D eigenvalue weighted by atomic mass is 10.1. The third-order valence-corrected chi connectivity index (χ3v) is 4.42. The van der Waals surface area contributed by atoms with E-state index in [1.807, 2.05) is 0 Å². The lowest BCUT2D eigenvalue weighted by Gasteiger charge is -2.24. The van der Waals surface area contributed by atoms with Crippen LogP contribution in [0.15, 0.2) is 48.5 Å². The van der Waals surface area contributed by atoms with Gasteiger partial charge in [-0.15, -0.1) is 0 Å². The molecular weight excluding hydrogens is 358 g/mol. The molecule has 8 heteroatoms. The minimum Gasteiger partial charge on any atom is -0.507 e. The highest BCUT2D eigenvalue weighted by molar-refractivity contribution is 5.98. The highest BCUT2D eigenvalue weighted by Crippen LogP contribution is 2.34. The number of nitrogens with one attached hydrogen (secondary N) is 1. The monoisotopic (exact) mass is 376 g/mol. The maximum atomic E-state index is 13.9. The topological polar surface area (TPSA) is 89.9 Å². The molecule has 1 fully saturated rings. The van der Waals surface area contributed by atoms with Gasteiger partial charge in [0.05, 0.1) is 23.7 Å². The van der Waals surface area contributed by atoms with Crippen LogP contribution < -0.4 is 5.32 Å². The first-order chi connectivity index (χ1) is 12.8. The zero-order chi connectivity index (χ0) is 19.6. The second-order valence-corrected chi connectivity index (χ2v) is 6.39. The molecule has 2 amide bonds. The fourth-order valence-electron chi connectivity index (χ4n) is 3.10. The average Bonchev–Trinajstić information content (AvgIpc) is 2.94. The largest absolute Gasteiger partial charge is 0.507 e. The number of benzene rings is 2. The average molecular weight is 376 g/mol. The Morgan fingerprint density at radius 3 is 2.19 bits per heavy atom. The normalized spacial score (nSPS) is 18.3. The van der Waals surface area contributed by atoms with Crippen LogP contribution in [0.2, 0.25) is 0 Å². The van der Waals surface area contributed by atoms with Crippen LogP contribution in [0.25, 0.3) is 0 Å². The Hall–Kier alpha value is -3.16. The molecule has 0 saturated carbocycles. The number of amides is 2. The van der Waals surface area contributed by atoms with E-state index in [1.165, 1.54) is 36.4 Å². The Bertz CT molecular complexity index is 872. The zero-order valence-electron chi connectivity index (χ0n) is 14.2. The quantitative estimate of drug-likeness (QED) is 0.764. The van der Waals surface area contributed by atoms with E-state index >= 15 is 0 Å². The first-order valence-electron chi connectivity index (χ1n) is 8.31. The third kappa shape index (κ3) is 3.99. The smallest absolute Gasteiger partial charge is 0.267 e. The first kappa shape index (κ1) is 18.6. The molecule has 0 radical (unpaired) electrons. The molecule has 3 N–H and O–H groups in total. The van der Waals surface area contributed by atoms with Crippen molar-refractivity contribution in [3.05, 3.63) is 59.7 Å². The molecule has 0 aromatic heterocycles. The predicted molar refractivity (Wildman–Crippen MR) is 92.9 cm³/mol. The molecule has 0 unspecified atom stereocenters. The van der Waals surface area contributed by atoms with Crippen LogP contribution in [-0.2, 0) is 0 Å². The number of alkyl halides is 2. The van der Waals surface area contributed by atoms with Gasteiger partial charge in [-0.3, -0.25) is 9.59 Å². The lowest BCUT2D eigenvalue weighted by molar-refractivity contribution is 0.0117. The number of nitrogens with zero attached hydrogens (tertiary/aromatic N) is 1. The fraction of sp³-hybridized carbons (Fsp3) is 0.263. The van der Waals surface area contributed by atoms with Crippen molar-refractivity contribution in [1.82, 2.24) is 10.2 Å². The maximum Gasteiger partial charge on any atom is 0.267 e. The van der Waals surface area contributed by atoms with Crippen LogP contribution in [0.5, 0.6) is 11.5 Å². The number of para-hydroxylation sites is 2. The summed E-state index contributed by atoms with van der Waals surface area (Å²) in [5, 5.41) is 22.0. The fourth-order valence-corrected chi connectivity index (χ4v) is 3.10. The molecule has 3 rings (SSSR count). The molecule has 0 aliphatic carbocycles. The van der Waals surface area contributed by atoms with E-state index in [4.69, 9.17) is 0 Å². The van der Waals surface area contributed by atoms with Gasteiger partial charge in [0.1, 0.15) is 11.5 Å². The van der Waals surface area contributed by atoms with Crippen molar-refractivity contribution in [2.45, 2.75) is 18.4 Å². The summed E-state index contributed by atoms with van der Waals surface area (Å²) in [7, 11) is 0. The standard InChI is InChI=1S/C19H18F2N2O4/c20-19(21)9-12(10-22-17(26)13-5-1-3-7-15(13)24)23(11-19)18(27)14-6-2-4-8-16(14)25/h1-8,12,24-25H,9-11H2,(H,22,26)/t12-/m0/s1. The number of aromatic hydroxyl groups is 2. The van der Waals surface area contributed by atoms with Crippen LogP contribution in [0.4, 0.5) is 8.78 Å². The van der Waals surface area contributed by atoms with Gasteiger partial charge in [0.2, 0.25) is 0 Å². The minimum atomic E-state index is -3.09. The Kier molecular flexibility index (Phi) is 4.98. The van der Waals surface area contributed by atoms with Crippen molar-refractivity contribution >= 4 is 11.8 Å². The number of halogens is 2. The Morgan fingerprint density at radius 2 is 1.59 bits per heavy atom. The van der Waals surface area contributed by atoms with Gasteiger partial charge >= 0.3 is 0 Å². The molecule has 27 heavy (non-hydrogen) atoms. The maximum absolute atomic E-state index is 13.9. The molecule has 2 aromatic rings. The van der Waals surface area contributed by atoms with E-state index in [-0.39, 0.29) is 29.2 Å². The Balaban J connectivity index is 1.75. The highest BCUT2D eigenvalue weighted by Gasteiger charge is 2.47. The van der Waals surface area contributed by atoms with Crippen molar-refractivity contribution in [1.29, 1.82) is 0 Å². The van der Waals surface area contributed by atoms with E-state index in [2.05, 4.69) is 5.32 Å². The zero-order valence-corrected chi connectivity index (χ0v) is 14.2. The number of phenolic OH excluding ortho intramolecular Hbond substituents is 2. The summed E-state index contributed by atoms with van der Waals surface area (Å²) in [6.45, 7) is -1.00. The Morgan fingerprint density at radius 1 is 1.04 bits per heavy atom. The van der Waals surface area contributed by atoms with Crippen LogP contribution in [0.1, 0.15) is 27.1 Å². The number of hydrogen-bond acceptors (Lipinski definition) is 4. The van der Waals surface area contributed by atoms with Crippen molar-refractivity contribution in [3.8, 4) is 11.5 Å². The van der Waals surface area contributed by atoms with Crippen molar-refractivity contribution < 1.29 is 28.6 Å². The van der Waals surface area contributed by atoms with Crippen LogP contribution in [0.3, 0.4) is 0 Å². The van der Waals surface area contributed by atoms with Gasteiger partial charge in [-0.2, -0.15) is 0 Å². The highest BCUT2D eigenvalue weighted by atomic mass is 19.3. The van der Waals surface area contributed by atoms with E-state index < -0.39 is 36.7 Å². The molecule has 6 nitrogen and oxygen atoms in total. The van der Waals surface area contributed by atoms with Crippen molar-refractivity contribution in [2.75, 3.05) is 13.1 Å². The van der Waals surface area contributed by atoms with E-state index in [9.17, 15) is 28.6 Å². The molecular formula is C19H18F2N2O4. The van der Waals surface area contributed by atoms with Gasteiger partial charge in [0, 0.05) is 13.0 Å². The molecule has 142 valence electrons. The van der Waals surface area contributed by atoms with E-state index in [0.29, 0.717) is 0 Å². The van der Waals surface area contributed by atoms with Gasteiger partial charge in [0.15, 0.2) is 0 Å². The number of phenols is 2. The summed E-state index contributed by atoms with van der Waals surface area (Å²) in [5.41, 5.74) is -0.0620. The van der Waals surface area contributed by atoms with Gasteiger partial charge in [0.25, 0.3) is 17.7 Å². The summed E-state index contributed by atoms with van der Waals surface area (Å²) < 4.78 is 27.8. The summed E-state index contributed by atoms with van der Waals surface area (Å²) in [4.78, 5) is 25.8. The first-order valence-corrected chi connectivity index (χ1v) is 8.31. The third-order valence-electron chi connectivity index (χ3n) is 4.42. The molecule has 1 saturated heterocycles. The van der Waals surface area contributed by atoms with Gasteiger partial charge in [-0.25, -0.2) is 8.78 Å². The van der Waals surface area contributed by atoms with Gasteiger partial charge in [-0.1, -0.05) is 24.3 Å². The van der Waals surface area contributed by atoms with Gasteiger partial charge in [-0.05, 0) is 24.3 Å². The molecule has 1 aliphatic heterocycles. The summed E-state index contributed by atoms with van der Waals surface area (Å²) in [5.74, 6) is -4.97. The number of hydrogen-bond donors (Lipinski definition) is 3. The minimum absolute atomic E-state index is 0.0147. The number of carbonyl (C=O) groups excluding carboxylic acids is 2. The van der Waals surface area contributed by atoms with Crippen LogP contribution in [0, 0.1) is 0 Å². The number of carbonyl (C=O) groups is 2. The molecule has 1 atom stereocenters. The summed E-state index contributed by atoms with van der Waals surface area (Å²) >= 11 is 0. The van der Waals surface area contributed by atoms with E-state index in [1.54, 1.807) is 12.1 Å². The number of rotatable bonds is 4. The lowest BCUT2D eigenvalue weighted by Crippen LogP contribution is -2.43. The SMILES string of the molecule is O=C(NC[C@@H]1CC(F)(F)CN1C(=O)c1ccccc1O)c1ccccc1O. The molecule has 0 bridgehead atoms. The van der Waals surface area contributed by atoms with Crippen molar-refractivity contribution in [3.63, 3.8) is 0 Å². The van der Waals surface area contributed by atoms with Gasteiger partial charge < -0.3 is 20.4 Å².